The Labute approximate surface area is 158 Å². The smallest absolute Gasteiger partial charge is 0.225 e. The fourth-order valence-electron chi connectivity index (χ4n) is 3.85. The van der Waals surface area contributed by atoms with Crippen LogP contribution in [0.1, 0.15) is 0 Å². The van der Waals surface area contributed by atoms with Gasteiger partial charge in [-0.2, -0.15) is 4.98 Å². The van der Waals surface area contributed by atoms with Crippen LogP contribution in [-0.2, 0) is 0 Å². The molecule has 0 saturated carbocycles. The number of rotatable bonds is 1. The average molecular weight is 370 g/mol. The first-order valence-electron chi connectivity index (χ1n) is 8.64. The van der Waals surface area contributed by atoms with Crippen LogP contribution in [0, 0.1) is 0 Å². The minimum atomic E-state index is 0.200. The molecule has 0 aliphatic carbocycles. The summed E-state index contributed by atoms with van der Waals surface area (Å²) in [5, 5.41) is 3.45. The predicted molar refractivity (Wildman–Crippen MR) is 109 cm³/mol. The molecule has 0 saturated heterocycles. The average Bonchev–Trinajstić information content (AvgIpc) is 3.24. The Morgan fingerprint density at radius 3 is 2.00 bits per heavy atom. The van der Waals surface area contributed by atoms with Gasteiger partial charge in [-0.3, -0.25) is 4.57 Å². The Hall–Kier alpha value is -3.37. The molecule has 0 aliphatic heterocycles. The molecule has 0 N–H and O–H groups in total. The van der Waals surface area contributed by atoms with Gasteiger partial charge in [-0.05, 0) is 35.9 Å². The normalized spacial score (nSPS) is 11.9. The van der Waals surface area contributed by atoms with Gasteiger partial charge in [0.15, 0.2) is 11.4 Å². The van der Waals surface area contributed by atoms with Crippen molar-refractivity contribution in [2.24, 2.45) is 0 Å². The van der Waals surface area contributed by atoms with Crippen LogP contribution in [-0.4, -0.2) is 14.5 Å². The maximum Gasteiger partial charge on any atom is 0.225 e. The molecule has 3 aromatic carbocycles. The number of nitrogens with zero attached hydrogens (tertiary/aromatic N) is 3. The van der Waals surface area contributed by atoms with Crippen LogP contribution in [0.3, 0.4) is 0 Å². The van der Waals surface area contributed by atoms with Gasteiger partial charge < -0.3 is 4.42 Å². The predicted octanol–water partition coefficient (Wildman–Crippen LogP) is 6.13. The van der Waals surface area contributed by atoms with E-state index < -0.39 is 0 Å². The van der Waals surface area contributed by atoms with Crippen LogP contribution in [0.2, 0.25) is 5.28 Å². The van der Waals surface area contributed by atoms with Gasteiger partial charge in [0.2, 0.25) is 5.28 Å². The lowest BCUT2D eigenvalue weighted by Gasteiger charge is -2.07. The van der Waals surface area contributed by atoms with Crippen molar-refractivity contribution in [3.05, 3.63) is 78.1 Å². The van der Waals surface area contributed by atoms with Crippen LogP contribution < -0.4 is 0 Å². The Bertz CT molecular complexity index is 1440. The Morgan fingerprint density at radius 1 is 0.704 bits per heavy atom. The van der Waals surface area contributed by atoms with Crippen molar-refractivity contribution >= 4 is 55.5 Å². The molecule has 0 atom stereocenters. The molecule has 6 rings (SSSR count). The first-order chi connectivity index (χ1) is 13.3. The zero-order valence-corrected chi connectivity index (χ0v) is 14.8. The number of fused-ring (bicyclic) bond motifs is 6. The summed E-state index contributed by atoms with van der Waals surface area (Å²) < 4.78 is 8.26. The molecule has 27 heavy (non-hydrogen) atoms. The highest BCUT2D eigenvalue weighted by atomic mass is 35.5. The highest BCUT2D eigenvalue weighted by Crippen LogP contribution is 2.36. The van der Waals surface area contributed by atoms with Gasteiger partial charge in [-0.1, -0.05) is 48.5 Å². The lowest BCUT2D eigenvalue weighted by atomic mass is 10.2. The lowest BCUT2D eigenvalue weighted by Crippen LogP contribution is -1.99. The number of hydrogen-bond acceptors (Lipinski definition) is 3. The third-order valence-electron chi connectivity index (χ3n) is 4.97. The number of para-hydroxylation sites is 3. The quantitative estimate of drug-likeness (QED) is 0.327. The van der Waals surface area contributed by atoms with Crippen LogP contribution >= 0.6 is 11.6 Å². The summed E-state index contributed by atoms with van der Waals surface area (Å²) in [5.74, 6) is 0.651. The first-order valence-corrected chi connectivity index (χ1v) is 9.02. The second-order valence-corrected chi connectivity index (χ2v) is 6.80. The number of halogens is 1. The highest BCUT2D eigenvalue weighted by molar-refractivity contribution is 6.29. The highest BCUT2D eigenvalue weighted by Gasteiger charge is 2.20. The molecule has 0 spiro atoms. The third kappa shape index (κ3) is 1.99. The van der Waals surface area contributed by atoms with E-state index in [1.807, 2.05) is 48.5 Å². The second-order valence-electron chi connectivity index (χ2n) is 6.46. The van der Waals surface area contributed by atoms with Gasteiger partial charge in [-0.15, -0.1) is 0 Å². The van der Waals surface area contributed by atoms with Gasteiger partial charge in [0.25, 0.3) is 0 Å². The van der Waals surface area contributed by atoms with E-state index in [-0.39, 0.29) is 5.28 Å². The van der Waals surface area contributed by atoms with Crippen molar-refractivity contribution in [1.82, 2.24) is 14.5 Å². The fourth-order valence-corrected chi connectivity index (χ4v) is 4.02. The largest absolute Gasteiger partial charge is 0.450 e. The first kappa shape index (κ1) is 14.8. The molecule has 5 heteroatoms. The molecule has 0 amide bonds. The molecular formula is C22H12ClN3O. The van der Waals surface area contributed by atoms with Crippen molar-refractivity contribution in [3.63, 3.8) is 0 Å². The van der Waals surface area contributed by atoms with Crippen molar-refractivity contribution in [3.8, 4) is 5.82 Å². The standard InChI is InChI=1S/C22H12ClN3O/c23-22-24-19-15-9-3-6-12-18(15)27-20(19)21(25-22)26-16-10-4-1-7-13(16)14-8-2-5-11-17(14)26/h1-12H. The Balaban J connectivity index is 1.86. The molecule has 6 aromatic rings. The van der Waals surface area contributed by atoms with Crippen molar-refractivity contribution in [1.29, 1.82) is 0 Å². The van der Waals surface area contributed by atoms with Crippen LogP contribution in [0.15, 0.2) is 77.2 Å². The van der Waals surface area contributed by atoms with Gasteiger partial charge in [0, 0.05) is 16.2 Å². The summed E-state index contributed by atoms with van der Waals surface area (Å²) >= 11 is 6.32. The van der Waals surface area contributed by atoms with E-state index in [1.54, 1.807) is 0 Å². The van der Waals surface area contributed by atoms with Gasteiger partial charge in [0.05, 0.1) is 11.0 Å². The lowest BCUT2D eigenvalue weighted by molar-refractivity contribution is 0.662. The molecule has 0 unspecified atom stereocenters. The third-order valence-corrected chi connectivity index (χ3v) is 5.14. The number of furan rings is 1. The summed E-state index contributed by atoms with van der Waals surface area (Å²) in [7, 11) is 0. The van der Waals surface area contributed by atoms with Crippen molar-refractivity contribution < 1.29 is 4.42 Å². The van der Waals surface area contributed by atoms with Gasteiger partial charge in [-0.25, -0.2) is 4.98 Å². The van der Waals surface area contributed by atoms with E-state index in [4.69, 9.17) is 16.0 Å². The van der Waals surface area contributed by atoms with Crippen LogP contribution in [0.5, 0.6) is 0 Å². The summed E-state index contributed by atoms with van der Waals surface area (Å²) in [6.07, 6.45) is 0. The summed E-state index contributed by atoms with van der Waals surface area (Å²) in [4.78, 5) is 9.00. The minimum Gasteiger partial charge on any atom is -0.450 e. The second kappa shape index (κ2) is 5.32. The summed E-state index contributed by atoms with van der Waals surface area (Å²) in [5.41, 5.74) is 4.23. The molecule has 3 heterocycles. The fraction of sp³-hybridized carbons (Fsp3) is 0. The monoisotopic (exact) mass is 369 g/mol. The molecule has 3 aromatic heterocycles. The number of benzene rings is 3. The molecule has 0 radical (unpaired) electrons. The van der Waals surface area contributed by atoms with E-state index in [0.29, 0.717) is 11.4 Å². The molecule has 0 bridgehead atoms. The molecule has 0 fully saturated rings. The topological polar surface area (TPSA) is 43.9 Å². The van der Waals surface area contributed by atoms with Crippen molar-refractivity contribution in [2.45, 2.75) is 0 Å². The van der Waals surface area contributed by atoms with E-state index in [1.165, 1.54) is 0 Å². The van der Waals surface area contributed by atoms with E-state index >= 15 is 0 Å². The maximum absolute atomic E-state index is 6.32. The molecule has 128 valence electrons. The minimum absolute atomic E-state index is 0.200. The summed E-state index contributed by atoms with van der Waals surface area (Å²) in [6.45, 7) is 0. The van der Waals surface area contributed by atoms with Gasteiger partial charge in [0.1, 0.15) is 11.1 Å². The Kier molecular flexibility index (Phi) is 2.91. The maximum atomic E-state index is 6.32. The number of hydrogen-bond donors (Lipinski definition) is 0. The summed E-state index contributed by atoms with van der Waals surface area (Å²) in [6, 6.07) is 24.4. The number of aromatic nitrogens is 3. The van der Waals surface area contributed by atoms with Crippen molar-refractivity contribution in [2.75, 3.05) is 0 Å². The van der Waals surface area contributed by atoms with Crippen LogP contribution in [0.25, 0.3) is 49.7 Å². The van der Waals surface area contributed by atoms with E-state index in [0.717, 1.165) is 38.3 Å². The van der Waals surface area contributed by atoms with E-state index in [2.05, 4.69) is 38.8 Å². The zero-order valence-electron chi connectivity index (χ0n) is 14.1. The van der Waals surface area contributed by atoms with E-state index in [9.17, 15) is 0 Å². The van der Waals surface area contributed by atoms with Gasteiger partial charge >= 0.3 is 0 Å². The zero-order chi connectivity index (χ0) is 18.0. The molecule has 4 nitrogen and oxygen atoms in total. The Morgan fingerprint density at radius 2 is 1.30 bits per heavy atom. The van der Waals surface area contributed by atoms with Crippen LogP contribution in [0.4, 0.5) is 0 Å². The molecular weight excluding hydrogens is 358 g/mol. The molecule has 0 aliphatic rings. The SMILES string of the molecule is Clc1nc(-n2c3ccccc3c3ccccc32)c2oc3ccccc3c2n1.